The van der Waals surface area contributed by atoms with Crippen molar-refractivity contribution in [1.29, 1.82) is 0 Å². The van der Waals surface area contributed by atoms with Crippen LogP contribution in [0.5, 0.6) is 0 Å². The SMILES string of the molecule is Cn1ncnc1CNC(=O)N1CCO[C@H](Cc2ccccc2)C1. The summed E-state index contributed by atoms with van der Waals surface area (Å²) in [5.74, 6) is 0.729. The van der Waals surface area contributed by atoms with Gasteiger partial charge in [0.25, 0.3) is 0 Å². The summed E-state index contributed by atoms with van der Waals surface area (Å²) in [5, 5.41) is 6.87. The van der Waals surface area contributed by atoms with Crippen molar-refractivity contribution in [3.8, 4) is 0 Å². The number of carbonyl (C=O) groups excluding carboxylic acids is 1. The lowest BCUT2D eigenvalue weighted by atomic mass is 10.1. The van der Waals surface area contributed by atoms with Gasteiger partial charge in [0.1, 0.15) is 12.2 Å². The Morgan fingerprint density at radius 2 is 2.22 bits per heavy atom. The fourth-order valence-corrected chi connectivity index (χ4v) is 2.65. The number of aryl methyl sites for hydroxylation is 1. The highest BCUT2D eigenvalue weighted by molar-refractivity contribution is 5.74. The lowest BCUT2D eigenvalue weighted by Gasteiger charge is -2.33. The van der Waals surface area contributed by atoms with E-state index in [9.17, 15) is 4.79 Å². The quantitative estimate of drug-likeness (QED) is 0.912. The minimum absolute atomic E-state index is 0.0340. The molecule has 1 N–H and O–H groups in total. The zero-order chi connectivity index (χ0) is 16.1. The molecule has 0 radical (unpaired) electrons. The second-order valence-electron chi connectivity index (χ2n) is 5.59. The molecule has 1 saturated heterocycles. The van der Waals surface area contributed by atoms with Crippen LogP contribution in [0.2, 0.25) is 0 Å². The van der Waals surface area contributed by atoms with Gasteiger partial charge in [-0.15, -0.1) is 0 Å². The fourth-order valence-electron chi connectivity index (χ4n) is 2.65. The van der Waals surface area contributed by atoms with Crippen molar-refractivity contribution in [3.05, 3.63) is 48.0 Å². The first kappa shape index (κ1) is 15.5. The molecule has 0 spiro atoms. The maximum absolute atomic E-state index is 12.3. The molecule has 122 valence electrons. The number of hydrogen-bond donors (Lipinski definition) is 1. The highest BCUT2D eigenvalue weighted by atomic mass is 16.5. The number of ether oxygens (including phenoxy) is 1. The van der Waals surface area contributed by atoms with Gasteiger partial charge < -0.3 is 15.0 Å². The summed E-state index contributed by atoms with van der Waals surface area (Å²) in [6.45, 7) is 2.14. The number of nitrogens with one attached hydrogen (secondary N) is 1. The molecule has 2 aromatic rings. The van der Waals surface area contributed by atoms with Crippen LogP contribution in [0.3, 0.4) is 0 Å². The Hall–Kier alpha value is -2.41. The van der Waals surface area contributed by atoms with Crippen LogP contribution in [0.25, 0.3) is 0 Å². The Balaban J connectivity index is 1.51. The number of carbonyl (C=O) groups is 1. The zero-order valence-corrected chi connectivity index (χ0v) is 13.2. The number of urea groups is 1. The molecule has 1 fully saturated rings. The van der Waals surface area contributed by atoms with E-state index in [2.05, 4.69) is 27.5 Å². The molecule has 1 atom stereocenters. The summed E-state index contributed by atoms with van der Waals surface area (Å²) >= 11 is 0. The molecule has 2 amide bonds. The second-order valence-corrected chi connectivity index (χ2v) is 5.59. The Morgan fingerprint density at radius 3 is 2.96 bits per heavy atom. The summed E-state index contributed by atoms with van der Waals surface area (Å²) in [6.07, 6.45) is 2.33. The van der Waals surface area contributed by atoms with E-state index in [0.717, 1.165) is 12.2 Å². The highest BCUT2D eigenvalue weighted by Crippen LogP contribution is 2.12. The minimum Gasteiger partial charge on any atom is -0.374 e. The first-order valence-electron chi connectivity index (χ1n) is 7.73. The molecule has 1 aliphatic heterocycles. The summed E-state index contributed by atoms with van der Waals surface area (Å²) in [4.78, 5) is 18.2. The second kappa shape index (κ2) is 7.23. The van der Waals surface area contributed by atoms with Gasteiger partial charge in [-0.2, -0.15) is 5.10 Å². The fraction of sp³-hybridized carbons (Fsp3) is 0.438. The molecule has 23 heavy (non-hydrogen) atoms. The number of hydrogen-bond acceptors (Lipinski definition) is 4. The van der Waals surface area contributed by atoms with Crippen LogP contribution in [0.4, 0.5) is 4.79 Å². The average molecular weight is 315 g/mol. The lowest BCUT2D eigenvalue weighted by Crippen LogP contribution is -2.50. The first-order chi connectivity index (χ1) is 11.2. The van der Waals surface area contributed by atoms with Crippen molar-refractivity contribution in [1.82, 2.24) is 25.0 Å². The van der Waals surface area contributed by atoms with E-state index in [1.54, 1.807) is 16.6 Å². The maximum Gasteiger partial charge on any atom is 0.317 e. The van der Waals surface area contributed by atoms with E-state index in [0.29, 0.717) is 26.2 Å². The number of morpholine rings is 1. The predicted octanol–water partition coefficient (Wildman–Crippen LogP) is 0.968. The van der Waals surface area contributed by atoms with Crippen LogP contribution >= 0.6 is 0 Å². The molecule has 0 saturated carbocycles. The number of rotatable bonds is 4. The molecule has 2 heterocycles. The molecule has 1 aromatic heterocycles. The van der Waals surface area contributed by atoms with E-state index >= 15 is 0 Å². The van der Waals surface area contributed by atoms with Crippen LogP contribution in [0.1, 0.15) is 11.4 Å². The van der Waals surface area contributed by atoms with Crippen molar-refractivity contribution in [3.63, 3.8) is 0 Å². The van der Waals surface area contributed by atoms with Crippen LogP contribution in [0.15, 0.2) is 36.7 Å². The molecule has 0 aliphatic carbocycles. The smallest absolute Gasteiger partial charge is 0.317 e. The van der Waals surface area contributed by atoms with Crippen molar-refractivity contribution < 1.29 is 9.53 Å². The van der Waals surface area contributed by atoms with Crippen LogP contribution in [-0.4, -0.2) is 51.5 Å². The van der Waals surface area contributed by atoms with Gasteiger partial charge in [-0.25, -0.2) is 9.78 Å². The third-order valence-electron chi connectivity index (χ3n) is 3.94. The van der Waals surface area contributed by atoms with Crippen LogP contribution in [0, 0.1) is 0 Å². The normalized spacial score (nSPS) is 18.0. The highest BCUT2D eigenvalue weighted by Gasteiger charge is 2.24. The van der Waals surface area contributed by atoms with Gasteiger partial charge in [0.2, 0.25) is 0 Å². The largest absolute Gasteiger partial charge is 0.374 e. The third kappa shape index (κ3) is 4.07. The Labute approximate surface area is 135 Å². The number of aromatic nitrogens is 3. The van der Waals surface area contributed by atoms with Gasteiger partial charge in [0.05, 0.1) is 19.3 Å². The van der Waals surface area contributed by atoms with E-state index in [1.807, 2.05) is 18.2 Å². The van der Waals surface area contributed by atoms with Crippen molar-refractivity contribution >= 4 is 6.03 Å². The van der Waals surface area contributed by atoms with E-state index in [-0.39, 0.29) is 12.1 Å². The van der Waals surface area contributed by atoms with E-state index in [4.69, 9.17) is 4.74 Å². The van der Waals surface area contributed by atoms with Gasteiger partial charge in [0.15, 0.2) is 0 Å². The van der Waals surface area contributed by atoms with Crippen molar-refractivity contribution in [2.45, 2.75) is 19.1 Å². The summed E-state index contributed by atoms with van der Waals surface area (Å²) < 4.78 is 7.43. The van der Waals surface area contributed by atoms with Gasteiger partial charge in [0, 0.05) is 26.6 Å². The molecule has 1 aromatic carbocycles. The van der Waals surface area contributed by atoms with Gasteiger partial charge in [-0.1, -0.05) is 30.3 Å². The van der Waals surface area contributed by atoms with Gasteiger partial charge in [-0.05, 0) is 5.56 Å². The number of benzene rings is 1. The topological polar surface area (TPSA) is 72.3 Å². The summed E-state index contributed by atoms with van der Waals surface area (Å²) in [5.41, 5.74) is 1.22. The summed E-state index contributed by atoms with van der Waals surface area (Å²) in [6, 6.07) is 10.1. The number of nitrogens with zero attached hydrogens (tertiary/aromatic N) is 4. The molecule has 0 bridgehead atoms. The van der Waals surface area contributed by atoms with E-state index < -0.39 is 0 Å². The molecule has 3 rings (SSSR count). The van der Waals surface area contributed by atoms with Gasteiger partial charge >= 0.3 is 6.03 Å². The van der Waals surface area contributed by atoms with Crippen LogP contribution in [-0.2, 0) is 24.8 Å². The molecular weight excluding hydrogens is 294 g/mol. The molecular formula is C16H21N5O2. The molecule has 7 heteroatoms. The standard InChI is InChI=1S/C16H21N5O2/c1-20-15(18-12-19-20)10-17-16(22)21-7-8-23-14(11-21)9-13-5-3-2-4-6-13/h2-6,12,14H,7-11H2,1H3,(H,17,22)/t14-/m1/s1. The average Bonchev–Trinajstić information content (AvgIpc) is 2.99. The maximum atomic E-state index is 12.3. The Kier molecular flexibility index (Phi) is 4.87. The first-order valence-corrected chi connectivity index (χ1v) is 7.73. The predicted molar refractivity (Wildman–Crippen MR) is 84.7 cm³/mol. The van der Waals surface area contributed by atoms with Crippen molar-refractivity contribution in [2.75, 3.05) is 19.7 Å². The monoisotopic (exact) mass is 315 g/mol. The molecule has 7 nitrogen and oxygen atoms in total. The van der Waals surface area contributed by atoms with Crippen LogP contribution < -0.4 is 5.32 Å². The third-order valence-corrected chi connectivity index (χ3v) is 3.94. The van der Waals surface area contributed by atoms with E-state index in [1.165, 1.54) is 11.9 Å². The van der Waals surface area contributed by atoms with Gasteiger partial charge in [-0.3, -0.25) is 4.68 Å². The zero-order valence-electron chi connectivity index (χ0n) is 13.2. The number of amides is 2. The molecule has 0 unspecified atom stereocenters. The lowest BCUT2D eigenvalue weighted by molar-refractivity contribution is -0.0133. The Bertz CT molecular complexity index is 643. The molecule has 1 aliphatic rings. The van der Waals surface area contributed by atoms with Crippen molar-refractivity contribution in [2.24, 2.45) is 7.05 Å². The Morgan fingerprint density at radius 1 is 1.39 bits per heavy atom. The summed E-state index contributed by atoms with van der Waals surface area (Å²) in [7, 11) is 1.80. The minimum atomic E-state index is -0.0886.